The van der Waals surface area contributed by atoms with Crippen molar-refractivity contribution in [3.05, 3.63) is 0 Å². The second kappa shape index (κ2) is 6.98. The molecule has 2 rings (SSSR count). The molecule has 2 amide bonds. The van der Waals surface area contributed by atoms with Crippen LogP contribution in [0.4, 0.5) is 4.79 Å². The van der Waals surface area contributed by atoms with E-state index in [1.165, 1.54) is 25.7 Å². The molecule has 0 aromatic heterocycles. The fraction of sp³-hybridized carbons (Fsp3) is 0.929. The van der Waals surface area contributed by atoms with Crippen LogP contribution in [0.3, 0.4) is 0 Å². The van der Waals surface area contributed by atoms with Gasteiger partial charge in [-0.2, -0.15) is 0 Å². The number of carbonyl (C=O) groups is 1. The minimum atomic E-state index is 0.141. The van der Waals surface area contributed by atoms with Gasteiger partial charge in [-0.3, -0.25) is 0 Å². The van der Waals surface area contributed by atoms with Crippen molar-refractivity contribution >= 4 is 6.03 Å². The number of hydrogen-bond acceptors (Lipinski definition) is 2. The molecule has 18 heavy (non-hydrogen) atoms. The van der Waals surface area contributed by atoms with Crippen molar-refractivity contribution in [2.24, 2.45) is 11.8 Å². The first-order valence-electron chi connectivity index (χ1n) is 7.33. The Labute approximate surface area is 110 Å². The lowest BCUT2D eigenvalue weighted by atomic mass is 9.82. The first-order valence-corrected chi connectivity index (χ1v) is 7.33. The van der Waals surface area contributed by atoms with Gasteiger partial charge in [0.25, 0.3) is 0 Å². The lowest BCUT2D eigenvalue weighted by molar-refractivity contribution is 0.190. The Morgan fingerprint density at radius 2 is 1.89 bits per heavy atom. The monoisotopic (exact) mass is 254 g/mol. The number of carbonyl (C=O) groups excluding carboxylic acids is 1. The Kier molecular flexibility index (Phi) is 5.29. The van der Waals surface area contributed by atoms with Crippen LogP contribution in [0.25, 0.3) is 0 Å². The highest BCUT2D eigenvalue weighted by Gasteiger charge is 2.36. The molecule has 1 N–H and O–H groups in total. The van der Waals surface area contributed by atoms with E-state index in [1.807, 2.05) is 4.90 Å². The Hall–Kier alpha value is -0.770. The van der Waals surface area contributed by atoms with E-state index in [0.717, 1.165) is 50.9 Å². The summed E-state index contributed by atoms with van der Waals surface area (Å²) < 4.78 is 4.99. The summed E-state index contributed by atoms with van der Waals surface area (Å²) in [6, 6.07) is 0.141. The van der Waals surface area contributed by atoms with Crippen LogP contribution in [0.1, 0.15) is 38.5 Å². The second-order valence-corrected chi connectivity index (χ2v) is 5.64. The first kappa shape index (κ1) is 13.7. The standard InChI is InChI=1S/C14H26N2O2/c1-18-9-5-4-8-15-14(17)16-10-12-6-2-3-7-13(12)11-16/h12-13H,2-11H2,1H3,(H,15,17)/t12-,13-/m1/s1. The molecule has 1 saturated heterocycles. The van der Waals surface area contributed by atoms with Crippen LogP contribution in [0, 0.1) is 11.8 Å². The van der Waals surface area contributed by atoms with E-state index < -0.39 is 0 Å². The van der Waals surface area contributed by atoms with Gasteiger partial charge in [-0.05, 0) is 37.5 Å². The lowest BCUT2D eigenvalue weighted by Gasteiger charge is -2.22. The van der Waals surface area contributed by atoms with Crippen LogP contribution < -0.4 is 5.32 Å². The van der Waals surface area contributed by atoms with Gasteiger partial charge >= 0.3 is 6.03 Å². The van der Waals surface area contributed by atoms with Crippen LogP contribution in [-0.2, 0) is 4.74 Å². The van der Waals surface area contributed by atoms with Crippen LogP contribution in [0.15, 0.2) is 0 Å². The number of nitrogens with one attached hydrogen (secondary N) is 1. The van der Waals surface area contributed by atoms with Crippen molar-refractivity contribution in [2.45, 2.75) is 38.5 Å². The molecular formula is C14H26N2O2. The summed E-state index contributed by atoms with van der Waals surface area (Å²) in [4.78, 5) is 14.0. The van der Waals surface area contributed by atoms with Crippen molar-refractivity contribution in [3.8, 4) is 0 Å². The van der Waals surface area contributed by atoms with E-state index in [-0.39, 0.29) is 6.03 Å². The number of ether oxygens (including phenoxy) is 1. The first-order chi connectivity index (χ1) is 8.81. The summed E-state index contributed by atoms with van der Waals surface area (Å²) in [6.45, 7) is 3.51. The smallest absolute Gasteiger partial charge is 0.317 e. The van der Waals surface area contributed by atoms with Crippen LogP contribution in [0.5, 0.6) is 0 Å². The highest BCUT2D eigenvalue weighted by atomic mass is 16.5. The highest BCUT2D eigenvalue weighted by Crippen LogP contribution is 2.35. The van der Waals surface area contributed by atoms with Crippen molar-refractivity contribution < 1.29 is 9.53 Å². The second-order valence-electron chi connectivity index (χ2n) is 5.64. The fourth-order valence-corrected chi connectivity index (χ4v) is 3.25. The van der Waals surface area contributed by atoms with Gasteiger partial charge in [-0.25, -0.2) is 4.79 Å². The Morgan fingerprint density at radius 1 is 1.22 bits per heavy atom. The van der Waals surface area contributed by atoms with Crippen LogP contribution >= 0.6 is 0 Å². The van der Waals surface area contributed by atoms with Gasteiger partial charge in [0.05, 0.1) is 0 Å². The Bertz CT molecular complexity index is 257. The SMILES string of the molecule is COCCCCNC(=O)N1C[C@H]2CCCC[C@@H]2C1. The molecular weight excluding hydrogens is 228 g/mol. The molecule has 1 heterocycles. The Balaban J connectivity index is 1.64. The predicted octanol–water partition coefficient (Wildman–Crippen LogP) is 2.24. The molecule has 2 fully saturated rings. The summed E-state index contributed by atoms with van der Waals surface area (Å²) in [6.07, 6.45) is 7.37. The quantitative estimate of drug-likeness (QED) is 0.765. The number of urea groups is 1. The van der Waals surface area contributed by atoms with Crippen molar-refractivity contribution in [2.75, 3.05) is 33.4 Å². The van der Waals surface area contributed by atoms with Gasteiger partial charge in [-0.1, -0.05) is 12.8 Å². The van der Waals surface area contributed by atoms with Gasteiger partial charge in [0.1, 0.15) is 0 Å². The van der Waals surface area contributed by atoms with E-state index in [4.69, 9.17) is 4.74 Å². The minimum absolute atomic E-state index is 0.141. The largest absolute Gasteiger partial charge is 0.385 e. The molecule has 1 aliphatic heterocycles. The summed E-state index contributed by atoms with van der Waals surface area (Å²) in [5.74, 6) is 1.55. The van der Waals surface area contributed by atoms with E-state index in [9.17, 15) is 4.79 Å². The maximum Gasteiger partial charge on any atom is 0.317 e. The average molecular weight is 254 g/mol. The lowest BCUT2D eigenvalue weighted by Crippen LogP contribution is -2.39. The highest BCUT2D eigenvalue weighted by molar-refractivity contribution is 5.74. The molecule has 0 aromatic rings. The van der Waals surface area contributed by atoms with Crippen molar-refractivity contribution in [1.29, 1.82) is 0 Å². The number of rotatable bonds is 5. The van der Waals surface area contributed by atoms with Gasteiger partial charge in [-0.15, -0.1) is 0 Å². The molecule has 0 radical (unpaired) electrons. The average Bonchev–Trinajstić information content (AvgIpc) is 2.82. The summed E-state index contributed by atoms with van der Waals surface area (Å²) >= 11 is 0. The number of likely N-dealkylation sites (tertiary alicyclic amines) is 1. The van der Waals surface area contributed by atoms with Gasteiger partial charge < -0.3 is 15.0 Å². The van der Waals surface area contributed by atoms with Crippen molar-refractivity contribution in [3.63, 3.8) is 0 Å². The zero-order valence-corrected chi connectivity index (χ0v) is 11.5. The molecule has 0 bridgehead atoms. The third-order valence-electron chi connectivity index (χ3n) is 4.31. The maximum absolute atomic E-state index is 12.0. The molecule has 4 nitrogen and oxygen atoms in total. The Morgan fingerprint density at radius 3 is 2.50 bits per heavy atom. The third kappa shape index (κ3) is 3.61. The molecule has 104 valence electrons. The van der Waals surface area contributed by atoms with Gasteiger partial charge in [0.15, 0.2) is 0 Å². The molecule has 2 aliphatic rings. The number of amides is 2. The third-order valence-corrected chi connectivity index (χ3v) is 4.31. The molecule has 0 spiro atoms. The zero-order chi connectivity index (χ0) is 12.8. The van der Waals surface area contributed by atoms with Gasteiger partial charge in [0.2, 0.25) is 0 Å². The van der Waals surface area contributed by atoms with E-state index in [1.54, 1.807) is 7.11 Å². The molecule has 2 atom stereocenters. The number of methoxy groups -OCH3 is 1. The summed E-state index contributed by atoms with van der Waals surface area (Å²) in [5, 5.41) is 3.02. The normalized spacial score (nSPS) is 27.1. The fourth-order valence-electron chi connectivity index (χ4n) is 3.25. The topological polar surface area (TPSA) is 41.6 Å². The zero-order valence-electron chi connectivity index (χ0n) is 11.5. The number of hydrogen-bond donors (Lipinski definition) is 1. The van der Waals surface area contributed by atoms with Crippen LogP contribution in [0.2, 0.25) is 0 Å². The molecule has 4 heteroatoms. The van der Waals surface area contributed by atoms with E-state index >= 15 is 0 Å². The molecule has 1 saturated carbocycles. The molecule has 0 aromatic carbocycles. The van der Waals surface area contributed by atoms with E-state index in [0.29, 0.717) is 0 Å². The molecule has 1 aliphatic carbocycles. The maximum atomic E-state index is 12.0. The van der Waals surface area contributed by atoms with E-state index in [2.05, 4.69) is 5.32 Å². The molecule has 0 unspecified atom stereocenters. The minimum Gasteiger partial charge on any atom is -0.385 e. The number of nitrogens with zero attached hydrogens (tertiary/aromatic N) is 1. The predicted molar refractivity (Wildman–Crippen MR) is 71.5 cm³/mol. The van der Waals surface area contributed by atoms with Gasteiger partial charge in [0, 0.05) is 33.4 Å². The summed E-state index contributed by atoms with van der Waals surface area (Å²) in [7, 11) is 1.71. The number of fused-ring (bicyclic) bond motifs is 1. The van der Waals surface area contributed by atoms with Crippen molar-refractivity contribution in [1.82, 2.24) is 10.2 Å². The summed E-state index contributed by atoms with van der Waals surface area (Å²) in [5.41, 5.74) is 0. The number of unbranched alkanes of at least 4 members (excludes halogenated alkanes) is 1. The van der Waals surface area contributed by atoms with Crippen LogP contribution in [-0.4, -0.2) is 44.3 Å².